The number of aromatic nitrogens is 2. The van der Waals surface area contributed by atoms with Gasteiger partial charge in [0.25, 0.3) is 11.8 Å². The fourth-order valence-electron chi connectivity index (χ4n) is 5.21. The number of methoxy groups -OCH3 is 1. The zero-order valence-corrected chi connectivity index (χ0v) is 23.1. The predicted molar refractivity (Wildman–Crippen MR) is 151 cm³/mol. The summed E-state index contributed by atoms with van der Waals surface area (Å²) in [5, 5.41) is 2.87. The van der Waals surface area contributed by atoms with Gasteiger partial charge in [0.2, 0.25) is 0 Å². The second-order valence-electron chi connectivity index (χ2n) is 10.5. The zero-order chi connectivity index (χ0) is 30.5. The van der Waals surface area contributed by atoms with Gasteiger partial charge in [-0.15, -0.1) is 0 Å². The topological polar surface area (TPSA) is 120 Å². The summed E-state index contributed by atoms with van der Waals surface area (Å²) < 4.78 is 54.2. The molecule has 11 heteroatoms. The number of hydrogen-bond donors (Lipinski definition) is 2. The quantitative estimate of drug-likeness (QED) is 0.240. The van der Waals surface area contributed by atoms with E-state index in [1.54, 1.807) is 18.2 Å². The van der Waals surface area contributed by atoms with Gasteiger partial charge in [0.05, 0.1) is 36.0 Å². The maximum Gasteiger partial charge on any atom is 0.255 e. The third-order valence-electron chi connectivity index (χ3n) is 7.66. The zero-order valence-electron chi connectivity index (χ0n) is 23.1. The summed E-state index contributed by atoms with van der Waals surface area (Å²) in [5.74, 6) is -2.43. The van der Waals surface area contributed by atoms with Crippen LogP contribution in [0.4, 0.5) is 13.2 Å². The van der Waals surface area contributed by atoms with Crippen molar-refractivity contribution in [1.82, 2.24) is 15.3 Å². The van der Waals surface area contributed by atoms with Crippen molar-refractivity contribution in [3.63, 3.8) is 0 Å². The lowest BCUT2D eigenvalue weighted by molar-refractivity contribution is 0.0924. The predicted octanol–water partition coefficient (Wildman–Crippen LogP) is 5.73. The van der Waals surface area contributed by atoms with Gasteiger partial charge in [0.15, 0.2) is 11.6 Å². The van der Waals surface area contributed by atoms with Crippen LogP contribution in [0.2, 0.25) is 0 Å². The molecular formula is C32H25F3N4O4. The first kappa shape index (κ1) is 28.0. The van der Waals surface area contributed by atoms with Crippen molar-refractivity contribution in [1.29, 1.82) is 0 Å². The number of nitrogens with one attached hydrogen (secondary N) is 1. The Morgan fingerprint density at radius 2 is 1.70 bits per heavy atom. The number of rotatable bonds is 8. The Kier molecular flexibility index (Phi) is 6.87. The monoisotopic (exact) mass is 586 g/mol. The highest BCUT2D eigenvalue weighted by Crippen LogP contribution is 2.44. The number of carbonyl (C=O) groups is 2. The molecule has 1 aliphatic rings. The van der Waals surface area contributed by atoms with Crippen molar-refractivity contribution in [2.24, 2.45) is 5.73 Å². The van der Waals surface area contributed by atoms with Gasteiger partial charge in [0.1, 0.15) is 34.3 Å². The molecule has 1 aliphatic carbocycles. The molecule has 0 bridgehead atoms. The Balaban J connectivity index is 1.36. The van der Waals surface area contributed by atoms with Crippen LogP contribution < -0.4 is 15.8 Å². The van der Waals surface area contributed by atoms with E-state index in [9.17, 15) is 18.4 Å². The lowest BCUT2D eigenvalue weighted by atomic mass is 9.95. The van der Waals surface area contributed by atoms with Crippen LogP contribution in [0.15, 0.2) is 65.3 Å². The summed E-state index contributed by atoms with van der Waals surface area (Å²) in [6.07, 6.45) is 3.35. The number of nitrogens with two attached hydrogens (primary N) is 1. The molecule has 2 aromatic heterocycles. The van der Waals surface area contributed by atoms with E-state index in [1.807, 2.05) is 6.92 Å². The van der Waals surface area contributed by atoms with E-state index in [4.69, 9.17) is 14.9 Å². The molecule has 0 saturated heterocycles. The summed E-state index contributed by atoms with van der Waals surface area (Å²) >= 11 is 0. The number of benzene rings is 3. The standard InChI is InChI=1S/C32H25F3N4O4/c1-16-11-24(42-2)22(30(41)39-32(9-10-32)31-37-14-21(34)15-38-31)13-19(16)12-18-5-8-23-25(27(18)35)26(29(36)40)28(43-23)17-3-6-20(33)7-4-17/h3-8,11,13-15H,9-10,12H2,1-2H3,(H2,36,40)(H,39,41). The third kappa shape index (κ3) is 5.07. The number of halogens is 3. The number of primary amides is 1. The van der Waals surface area contributed by atoms with E-state index in [-0.39, 0.29) is 39.8 Å². The molecule has 1 fully saturated rings. The molecule has 6 rings (SSSR count). The van der Waals surface area contributed by atoms with Crippen molar-refractivity contribution in [2.75, 3.05) is 7.11 Å². The molecule has 2 amide bonds. The van der Waals surface area contributed by atoms with Gasteiger partial charge in [-0.05, 0) is 78.9 Å². The van der Waals surface area contributed by atoms with E-state index in [0.29, 0.717) is 35.5 Å². The summed E-state index contributed by atoms with van der Waals surface area (Å²) in [6, 6.07) is 11.6. The minimum atomic E-state index is -0.896. The van der Waals surface area contributed by atoms with Crippen LogP contribution in [0, 0.1) is 24.4 Å². The molecule has 43 heavy (non-hydrogen) atoms. The Hall–Kier alpha value is -5.19. The van der Waals surface area contributed by atoms with Crippen molar-refractivity contribution < 1.29 is 31.9 Å². The highest BCUT2D eigenvalue weighted by atomic mass is 19.1. The van der Waals surface area contributed by atoms with Gasteiger partial charge in [-0.2, -0.15) is 0 Å². The highest BCUT2D eigenvalue weighted by Gasteiger charge is 2.49. The lowest BCUT2D eigenvalue weighted by Gasteiger charge is -2.18. The number of aryl methyl sites for hydroxylation is 1. The van der Waals surface area contributed by atoms with Gasteiger partial charge in [-0.25, -0.2) is 23.1 Å². The molecule has 0 aliphatic heterocycles. The van der Waals surface area contributed by atoms with Gasteiger partial charge in [-0.3, -0.25) is 9.59 Å². The number of carbonyl (C=O) groups excluding carboxylic acids is 2. The highest BCUT2D eigenvalue weighted by molar-refractivity contribution is 6.11. The Morgan fingerprint density at radius 1 is 1.00 bits per heavy atom. The lowest BCUT2D eigenvalue weighted by Crippen LogP contribution is -2.36. The maximum absolute atomic E-state index is 16.1. The van der Waals surface area contributed by atoms with Crippen LogP contribution in [0.5, 0.6) is 5.75 Å². The molecule has 3 N–H and O–H groups in total. The first-order valence-electron chi connectivity index (χ1n) is 13.4. The molecule has 1 saturated carbocycles. The van der Waals surface area contributed by atoms with E-state index in [2.05, 4.69) is 15.3 Å². The largest absolute Gasteiger partial charge is 0.496 e. The minimum Gasteiger partial charge on any atom is -0.496 e. The summed E-state index contributed by atoms with van der Waals surface area (Å²) in [6.45, 7) is 1.81. The van der Waals surface area contributed by atoms with Crippen molar-refractivity contribution in [2.45, 2.75) is 31.7 Å². The van der Waals surface area contributed by atoms with Gasteiger partial charge < -0.3 is 20.2 Å². The number of ether oxygens (including phenoxy) is 1. The second-order valence-corrected chi connectivity index (χ2v) is 10.5. The minimum absolute atomic E-state index is 0.0391. The van der Waals surface area contributed by atoms with Gasteiger partial charge in [-0.1, -0.05) is 6.07 Å². The molecule has 218 valence electrons. The van der Waals surface area contributed by atoms with Crippen LogP contribution in [0.3, 0.4) is 0 Å². The molecule has 0 unspecified atom stereocenters. The molecule has 2 heterocycles. The van der Waals surface area contributed by atoms with Crippen LogP contribution >= 0.6 is 0 Å². The summed E-state index contributed by atoms with van der Waals surface area (Å²) in [4.78, 5) is 34.0. The van der Waals surface area contributed by atoms with Crippen LogP contribution in [0.1, 0.15) is 56.1 Å². The first-order chi connectivity index (χ1) is 20.6. The molecule has 0 atom stereocenters. The normalized spacial score (nSPS) is 13.6. The number of amides is 2. The van der Waals surface area contributed by atoms with Crippen molar-refractivity contribution in [3.05, 3.63) is 112 Å². The van der Waals surface area contributed by atoms with Crippen LogP contribution in [0.25, 0.3) is 22.3 Å². The number of fused-ring (bicyclic) bond motifs is 1. The maximum atomic E-state index is 16.1. The van der Waals surface area contributed by atoms with Gasteiger partial charge >= 0.3 is 0 Å². The SMILES string of the molecule is COc1cc(C)c(Cc2ccc3oc(-c4ccc(F)cc4)c(C(N)=O)c3c2F)cc1C(=O)NC1(c2ncc(F)cn2)CC1. The molecule has 3 aromatic carbocycles. The van der Waals surface area contributed by atoms with E-state index < -0.39 is 34.8 Å². The summed E-state index contributed by atoms with van der Waals surface area (Å²) in [5.41, 5.74) is 7.00. The Morgan fingerprint density at radius 3 is 2.33 bits per heavy atom. The van der Waals surface area contributed by atoms with Crippen molar-refractivity contribution >= 4 is 22.8 Å². The molecule has 8 nitrogen and oxygen atoms in total. The van der Waals surface area contributed by atoms with Crippen LogP contribution in [-0.2, 0) is 12.0 Å². The van der Waals surface area contributed by atoms with Crippen molar-refractivity contribution in [3.8, 4) is 17.1 Å². The molecule has 0 radical (unpaired) electrons. The number of hydrogen-bond acceptors (Lipinski definition) is 6. The second kappa shape index (κ2) is 10.6. The average Bonchev–Trinajstić information content (AvgIpc) is 3.65. The van der Waals surface area contributed by atoms with Crippen LogP contribution in [-0.4, -0.2) is 28.9 Å². The smallest absolute Gasteiger partial charge is 0.255 e. The molecule has 0 spiro atoms. The number of nitrogens with zero attached hydrogens (tertiary/aromatic N) is 2. The van der Waals surface area contributed by atoms with E-state index >= 15 is 4.39 Å². The summed E-state index contributed by atoms with van der Waals surface area (Å²) in [7, 11) is 1.44. The Labute approximate surface area is 243 Å². The van der Waals surface area contributed by atoms with E-state index in [1.165, 1.54) is 37.4 Å². The fourth-order valence-corrected chi connectivity index (χ4v) is 5.21. The Bertz CT molecular complexity index is 1900. The first-order valence-corrected chi connectivity index (χ1v) is 13.4. The number of furan rings is 1. The fraction of sp³-hybridized carbons (Fsp3) is 0.188. The molecule has 5 aromatic rings. The molecular weight excluding hydrogens is 561 g/mol. The average molecular weight is 587 g/mol. The van der Waals surface area contributed by atoms with Gasteiger partial charge in [0, 0.05) is 12.0 Å². The third-order valence-corrected chi connectivity index (χ3v) is 7.66. The van der Waals surface area contributed by atoms with E-state index in [0.717, 1.165) is 18.0 Å².